The van der Waals surface area contributed by atoms with Gasteiger partial charge in [-0.2, -0.15) is 0 Å². The third-order valence-corrected chi connectivity index (χ3v) is 4.79. The van der Waals surface area contributed by atoms with Crippen LogP contribution in [-0.4, -0.2) is 72.2 Å². The van der Waals surface area contributed by atoms with Crippen LogP contribution >= 0.6 is 11.6 Å². The summed E-state index contributed by atoms with van der Waals surface area (Å²) in [5.41, 5.74) is 0.371. The van der Waals surface area contributed by atoms with Crippen LogP contribution in [0.5, 0.6) is 5.75 Å². The largest absolute Gasteiger partial charge is 0.573 e. The van der Waals surface area contributed by atoms with Crippen molar-refractivity contribution >= 4 is 34.9 Å². The fourth-order valence-corrected chi connectivity index (χ4v) is 3.20. The summed E-state index contributed by atoms with van der Waals surface area (Å²) >= 11 is 5.77. The van der Waals surface area contributed by atoms with E-state index < -0.39 is 6.36 Å². The van der Waals surface area contributed by atoms with Crippen LogP contribution in [0.3, 0.4) is 0 Å². The average molecular weight is 472 g/mol. The maximum atomic E-state index is 12.2. The van der Waals surface area contributed by atoms with E-state index in [2.05, 4.69) is 20.4 Å². The molecule has 0 aliphatic carbocycles. The highest BCUT2D eigenvalue weighted by Gasteiger charge is 2.31. The molecule has 0 atom stereocenters. The molecular formula is C20H21ClF3N5O3. The zero-order valence-corrected chi connectivity index (χ0v) is 17.6. The van der Waals surface area contributed by atoms with Crippen LogP contribution in [0.25, 0.3) is 0 Å². The number of benzene rings is 1. The molecule has 2 amide bonds. The van der Waals surface area contributed by atoms with E-state index in [0.29, 0.717) is 42.7 Å². The van der Waals surface area contributed by atoms with Gasteiger partial charge in [0, 0.05) is 38.1 Å². The number of nitrogens with zero attached hydrogens (tertiary/aromatic N) is 3. The predicted octanol–water partition coefficient (Wildman–Crippen LogP) is 2.83. The molecule has 0 spiro atoms. The molecule has 0 unspecified atom stereocenters. The van der Waals surface area contributed by atoms with Gasteiger partial charge in [-0.05, 0) is 36.4 Å². The van der Waals surface area contributed by atoms with E-state index in [1.807, 2.05) is 9.80 Å². The summed E-state index contributed by atoms with van der Waals surface area (Å²) in [5.74, 6) is -0.409. The molecule has 1 aromatic carbocycles. The molecule has 0 saturated carbocycles. The molecule has 0 radical (unpaired) electrons. The Morgan fingerprint density at radius 3 is 2.00 bits per heavy atom. The monoisotopic (exact) mass is 471 g/mol. The molecule has 1 aliphatic rings. The maximum Gasteiger partial charge on any atom is 0.573 e. The summed E-state index contributed by atoms with van der Waals surface area (Å²) in [7, 11) is 0. The number of nitrogens with one attached hydrogen (secondary N) is 2. The van der Waals surface area contributed by atoms with Gasteiger partial charge in [-0.15, -0.1) is 13.2 Å². The summed E-state index contributed by atoms with van der Waals surface area (Å²) in [5, 5.41) is 5.83. The molecule has 2 N–H and O–H groups in total. The third-order valence-electron chi connectivity index (χ3n) is 4.57. The minimum atomic E-state index is -4.76. The highest BCUT2D eigenvalue weighted by Crippen LogP contribution is 2.24. The van der Waals surface area contributed by atoms with Gasteiger partial charge in [-0.3, -0.25) is 19.4 Å². The molecule has 12 heteroatoms. The maximum absolute atomic E-state index is 12.2. The first kappa shape index (κ1) is 23.8. The van der Waals surface area contributed by atoms with Crippen molar-refractivity contribution in [1.29, 1.82) is 0 Å². The molecule has 2 aromatic rings. The molecular weight excluding hydrogens is 451 g/mol. The van der Waals surface area contributed by atoms with Crippen LogP contribution in [0.1, 0.15) is 0 Å². The van der Waals surface area contributed by atoms with Crippen LogP contribution in [0, 0.1) is 0 Å². The van der Waals surface area contributed by atoms with Crippen molar-refractivity contribution in [3.05, 3.63) is 47.6 Å². The van der Waals surface area contributed by atoms with Crippen LogP contribution < -0.4 is 15.4 Å². The van der Waals surface area contributed by atoms with Crippen LogP contribution in [0.2, 0.25) is 5.02 Å². The van der Waals surface area contributed by atoms with Gasteiger partial charge in [0.2, 0.25) is 11.8 Å². The Morgan fingerprint density at radius 2 is 1.50 bits per heavy atom. The van der Waals surface area contributed by atoms with Crippen molar-refractivity contribution in [3.63, 3.8) is 0 Å². The van der Waals surface area contributed by atoms with Crippen LogP contribution in [0.15, 0.2) is 42.6 Å². The van der Waals surface area contributed by atoms with Gasteiger partial charge >= 0.3 is 6.36 Å². The molecule has 1 saturated heterocycles. The molecule has 0 bridgehead atoms. The lowest BCUT2D eigenvalue weighted by Crippen LogP contribution is -2.50. The Bertz CT molecular complexity index is 918. The number of rotatable bonds is 7. The van der Waals surface area contributed by atoms with Gasteiger partial charge in [0.05, 0.1) is 18.1 Å². The first-order valence-electron chi connectivity index (χ1n) is 9.68. The smallest absolute Gasteiger partial charge is 0.406 e. The molecule has 1 fully saturated rings. The van der Waals surface area contributed by atoms with Crippen molar-refractivity contribution in [1.82, 2.24) is 14.8 Å². The van der Waals surface area contributed by atoms with Crippen molar-refractivity contribution in [2.45, 2.75) is 6.36 Å². The number of carbonyl (C=O) groups excluding carboxylic acids is 2. The van der Waals surface area contributed by atoms with E-state index in [1.165, 1.54) is 18.3 Å². The normalized spacial score (nSPS) is 15.2. The number of alkyl halides is 3. The fourth-order valence-electron chi connectivity index (χ4n) is 3.08. The number of halogens is 4. The van der Waals surface area contributed by atoms with Gasteiger partial charge in [-0.25, -0.2) is 4.98 Å². The Morgan fingerprint density at radius 1 is 0.938 bits per heavy atom. The number of carbonyl (C=O) groups is 2. The second-order valence-electron chi connectivity index (χ2n) is 7.08. The SMILES string of the molecule is O=C(CN1CCN(CC(=O)Nc2ccc(Cl)cn2)CC1)Nc1ccc(OC(F)(F)F)cc1. The topological polar surface area (TPSA) is 86.8 Å². The van der Waals surface area contributed by atoms with E-state index in [0.717, 1.165) is 12.1 Å². The Balaban J connectivity index is 1.37. The number of pyridine rings is 1. The van der Waals surface area contributed by atoms with Crippen molar-refractivity contribution in [2.24, 2.45) is 0 Å². The lowest BCUT2D eigenvalue weighted by Gasteiger charge is -2.33. The van der Waals surface area contributed by atoms with Gasteiger partial charge in [0.25, 0.3) is 0 Å². The quantitative estimate of drug-likeness (QED) is 0.646. The zero-order chi connectivity index (χ0) is 23.1. The van der Waals surface area contributed by atoms with E-state index in [9.17, 15) is 22.8 Å². The summed E-state index contributed by atoms with van der Waals surface area (Å²) < 4.78 is 40.4. The lowest BCUT2D eigenvalue weighted by atomic mass is 10.3. The highest BCUT2D eigenvalue weighted by atomic mass is 35.5. The minimum absolute atomic E-state index is 0.134. The van der Waals surface area contributed by atoms with E-state index >= 15 is 0 Å². The zero-order valence-electron chi connectivity index (χ0n) is 16.9. The van der Waals surface area contributed by atoms with Gasteiger partial charge in [0.15, 0.2) is 0 Å². The lowest BCUT2D eigenvalue weighted by molar-refractivity contribution is -0.274. The second-order valence-corrected chi connectivity index (χ2v) is 7.52. The number of piperazine rings is 1. The van der Waals surface area contributed by atoms with Crippen molar-refractivity contribution < 1.29 is 27.5 Å². The summed E-state index contributed by atoms with van der Waals surface area (Å²) in [6, 6.07) is 8.20. The summed E-state index contributed by atoms with van der Waals surface area (Å²) in [6.07, 6.45) is -3.31. The number of hydrogen-bond donors (Lipinski definition) is 2. The van der Waals surface area contributed by atoms with Gasteiger partial charge in [-0.1, -0.05) is 11.6 Å². The molecule has 1 aliphatic heterocycles. The Kier molecular flexibility index (Phi) is 7.89. The molecule has 8 nitrogen and oxygen atoms in total. The number of anilines is 2. The molecule has 2 heterocycles. The number of hydrogen-bond acceptors (Lipinski definition) is 6. The number of ether oxygens (including phenoxy) is 1. The molecule has 3 rings (SSSR count). The van der Waals surface area contributed by atoms with Crippen molar-refractivity contribution in [2.75, 3.05) is 49.9 Å². The molecule has 32 heavy (non-hydrogen) atoms. The highest BCUT2D eigenvalue weighted by molar-refractivity contribution is 6.30. The van der Waals surface area contributed by atoms with Crippen LogP contribution in [-0.2, 0) is 9.59 Å². The van der Waals surface area contributed by atoms with E-state index in [-0.39, 0.29) is 30.7 Å². The summed E-state index contributed by atoms with van der Waals surface area (Å²) in [6.45, 7) is 2.75. The van der Waals surface area contributed by atoms with Gasteiger partial charge < -0.3 is 15.4 Å². The van der Waals surface area contributed by atoms with Crippen LogP contribution in [0.4, 0.5) is 24.7 Å². The second kappa shape index (κ2) is 10.6. The molecule has 1 aromatic heterocycles. The standard InChI is InChI=1S/C20H21ClF3N5O3/c21-14-1-6-17(25-11-14)27-19(31)13-29-9-7-28(8-10-29)12-18(30)26-15-2-4-16(5-3-15)32-20(22,23)24/h1-6,11H,7-10,12-13H2,(H,26,30)(H,25,27,31). The average Bonchev–Trinajstić information content (AvgIpc) is 2.71. The van der Waals surface area contributed by atoms with E-state index in [4.69, 9.17) is 11.6 Å². The number of amides is 2. The summed E-state index contributed by atoms with van der Waals surface area (Å²) in [4.78, 5) is 32.3. The third kappa shape index (κ3) is 7.98. The minimum Gasteiger partial charge on any atom is -0.406 e. The fraction of sp³-hybridized carbons (Fsp3) is 0.350. The first-order chi connectivity index (χ1) is 15.2. The predicted molar refractivity (Wildman–Crippen MR) is 113 cm³/mol. The Hall–Kier alpha value is -2.89. The Labute approximate surface area is 187 Å². The number of aromatic nitrogens is 1. The molecule has 172 valence electrons. The van der Waals surface area contributed by atoms with E-state index in [1.54, 1.807) is 12.1 Å². The first-order valence-corrected chi connectivity index (χ1v) is 10.1. The van der Waals surface area contributed by atoms with Gasteiger partial charge in [0.1, 0.15) is 11.6 Å². The van der Waals surface area contributed by atoms with Crippen molar-refractivity contribution in [3.8, 4) is 5.75 Å².